The Morgan fingerprint density at radius 3 is 1.51 bits per heavy atom. The first-order chi connectivity index (χ1) is 35.1. The Bertz CT molecular complexity index is 2270. The summed E-state index contributed by atoms with van der Waals surface area (Å²) >= 11 is 0. The van der Waals surface area contributed by atoms with E-state index in [1.54, 1.807) is 25.1 Å². The van der Waals surface area contributed by atoms with Gasteiger partial charge in [0.25, 0.3) is 0 Å². The molecule has 0 amide bonds. The summed E-state index contributed by atoms with van der Waals surface area (Å²) in [5.74, 6) is 4.87. The monoisotopic (exact) mass is 1230 g/mol. The van der Waals surface area contributed by atoms with Crippen LogP contribution in [-0.2, 0) is 85.2 Å². The number of esters is 3. The van der Waals surface area contributed by atoms with Crippen molar-refractivity contribution in [2.45, 2.75) is 181 Å². The van der Waals surface area contributed by atoms with Gasteiger partial charge >= 0.3 is 62.7 Å². The van der Waals surface area contributed by atoms with E-state index in [2.05, 4.69) is 85.6 Å². The molecule has 15 heteroatoms. The van der Waals surface area contributed by atoms with E-state index in [-0.39, 0.29) is 75.2 Å². The van der Waals surface area contributed by atoms with Gasteiger partial charge in [0.15, 0.2) is 12.9 Å². The second-order valence-corrected chi connectivity index (χ2v) is 19.4. The predicted octanol–water partition coefficient (Wildman–Crippen LogP) is 14.4. The number of hydrogen-bond acceptors (Lipinski definition) is 13. The first kappa shape index (κ1) is 75.2. The van der Waals surface area contributed by atoms with Crippen molar-refractivity contribution in [3.05, 3.63) is 129 Å². The van der Waals surface area contributed by atoms with E-state index in [1.807, 2.05) is 102 Å². The Hall–Kier alpha value is -4.99. The molecular weight excluding hydrogens is 1140 g/mol. The fraction of sp³-hybridized carbons (Fsp3) is 0.541. The van der Waals surface area contributed by atoms with Crippen molar-refractivity contribution >= 4 is 30.9 Å². The zero-order chi connectivity index (χ0) is 56.5. The zero-order valence-corrected chi connectivity index (χ0v) is 51.9. The number of fused-ring (bicyclic) bond motifs is 1. The zero-order valence-electron chi connectivity index (χ0n) is 48.4. The number of hydrogen-bond donors (Lipinski definition) is 0. The van der Waals surface area contributed by atoms with E-state index in [9.17, 15) is 28.8 Å². The molecular formula is C61H88O13Ru2. The van der Waals surface area contributed by atoms with Gasteiger partial charge in [0.2, 0.25) is 0 Å². The van der Waals surface area contributed by atoms with Crippen molar-refractivity contribution in [3.8, 4) is 11.5 Å². The average molecular weight is 1230 g/mol. The molecule has 1 fully saturated rings. The summed E-state index contributed by atoms with van der Waals surface area (Å²) in [7, 11) is 0. The Balaban J connectivity index is -0.000000832. The first-order valence-corrected chi connectivity index (χ1v) is 26.3. The van der Waals surface area contributed by atoms with E-state index in [0.717, 1.165) is 36.8 Å². The van der Waals surface area contributed by atoms with Gasteiger partial charge in [-0.15, -0.1) is 24.3 Å². The number of ether oxygens (including phenoxy) is 5. The Kier molecular flexibility index (Phi) is 41.7. The Labute approximate surface area is 480 Å². The molecule has 76 heavy (non-hydrogen) atoms. The van der Waals surface area contributed by atoms with E-state index in [1.165, 1.54) is 30.1 Å². The summed E-state index contributed by atoms with van der Waals surface area (Å²) < 4.78 is 33.8. The fourth-order valence-electron chi connectivity index (χ4n) is 7.50. The Morgan fingerprint density at radius 2 is 1.16 bits per heavy atom. The third-order valence-electron chi connectivity index (χ3n) is 11.2. The third-order valence-corrected chi connectivity index (χ3v) is 11.2. The van der Waals surface area contributed by atoms with Gasteiger partial charge in [-0.3, -0.25) is 4.79 Å². The average Bonchev–Trinajstić information content (AvgIpc) is 4.16. The molecule has 0 bridgehead atoms. The molecule has 3 aromatic carbocycles. The standard InChI is InChI=1S/C13H17O2.C11H12O2.C11H13O2.C8H12O3.C7H12O2.C7H10O2.2C2H6.2Ru/c1-4-13(10(2)3)11-5-7-12(8-6-11)15-9-14;1-7(2)10-8-5-3-4-6-9(8)11(12)13-10;1-9(2)7-10-3-5-11(6-4-10)13-8-12;1-5(2)4-7-6(3)10-8(9)11-7;2*1-5(2)6-3-4-7(8)9-6;2*1-2;;/h5-8,10,13H,4H2,1-3H3;3-7,10H,1-2H3;3-6,9H,7H2,1-2H3;5H,4H2,1-3H3;5-6H,3-4H2,1-2H3;3-6H,1-2H3;2*1-2H3;;/q-1;;-1;;;;;;2*+1. The van der Waals surface area contributed by atoms with Crippen LogP contribution in [0.25, 0.3) is 0 Å². The molecule has 0 aliphatic carbocycles. The number of cyclic esters (lactones) is 3. The molecule has 0 N–H and O–H groups in total. The smallest absolute Gasteiger partial charge is 0.610 e. The molecule has 4 atom stereocenters. The molecule has 426 valence electrons. The van der Waals surface area contributed by atoms with Crippen molar-refractivity contribution in [1.29, 1.82) is 0 Å². The molecule has 4 unspecified atom stereocenters. The largest absolute Gasteiger partial charge is 1.00 e. The predicted molar refractivity (Wildman–Crippen MR) is 292 cm³/mol. The minimum Gasteiger partial charge on any atom is -0.610 e. The molecule has 4 aromatic rings. The van der Waals surface area contributed by atoms with Gasteiger partial charge in [0.05, 0.1) is 5.56 Å². The SMILES string of the molecule is CC.CC.CC(C)C1C=CC(=O)O1.CC(C)C1CCC(=O)O1.CC(C)C1OC(=O)c2ccccc21.CC(C)Cc1ccc(O[C-]=O)cc1.CCC(c1ccc(O[C-]=O)cc1)C(C)C.Cc1oc(=O)oc1CC(C)C.[Ru+].[Ru+]. The number of aryl methyl sites for hydroxylation is 1. The maximum Gasteiger partial charge on any atom is 1.00 e. The normalized spacial score (nSPS) is 15.6. The van der Waals surface area contributed by atoms with Crippen molar-refractivity contribution < 1.29 is 95.4 Å². The number of carbonyl (C=O) groups is 3. The van der Waals surface area contributed by atoms with Gasteiger partial charge in [-0.05, 0) is 96.8 Å². The quantitative estimate of drug-likeness (QED) is 0.0505. The summed E-state index contributed by atoms with van der Waals surface area (Å²) in [6, 6.07) is 22.7. The topological polar surface area (TPSA) is 175 Å². The summed E-state index contributed by atoms with van der Waals surface area (Å²) in [5.41, 5.74) is 4.31. The van der Waals surface area contributed by atoms with Gasteiger partial charge < -0.3 is 42.1 Å². The molecule has 0 spiro atoms. The fourth-order valence-corrected chi connectivity index (χ4v) is 7.50. The van der Waals surface area contributed by atoms with Crippen LogP contribution in [0.2, 0.25) is 0 Å². The van der Waals surface area contributed by atoms with E-state index in [0.29, 0.717) is 70.9 Å². The van der Waals surface area contributed by atoms with Crippen molar-refractivity contribution in [2.75, 3.05) is 0 Å². The van der Waals surface area contributed by atoms with Crippen molar-refractivity contribution in [1.82, 2.24) is 0 Å². The van der Waals surface area contributed by atoms with E-state index >= 15 is 0 Å². The summed E-state index contributed by atoms with van der Waals surface area (Å²) in [5, 5.41) is 0. The van der Waals surface area contributed by atoms with Crippen LogP contribution in [0.4, 0.5) is 0 Å². The third kappa shape index (κ3) is 29.5. The maximum atomic E-state index is 11.4. The number of benzene rings is 3. The van der Waals surface area contributed by atoms with Crippen LogP contribution in [-0.4, -0.2) is 43.1 Å². The van der Waals surface area contributed by atoms with Crippen LogP contribution in [0.15, 0.2) is 98.6 Å². The van der Waals surface area contributed by atoms with Crippen LogP contribution in [0, 0.1) is 42.4 Å². The van der Waals surface area contributed by atoms with Gasteiger partial charge in [0, 0.05) is 24.5 Å². The van der Waals surface area contributed by atoms with Crippen LogP contribution in [0.3, 0.4) is 0 Å². The van der Waals surface area contributed by atoms with Crippen LogP contribution in [0.5, 0.6) is 11.5 Å². The maximum absolute atomic E-state index is 11.4. The van der Waals surface area contributed by atoms with Gasteiger partial charge in [-0.1, -0.05) is 166 Å². The molecule has 1 saturated heterocycles. The van der Waals surface area contributed by atoms with Gasteiger partial charge in [0.1, 0.15) is 29.8 Å². The first-order valence-electron chi connectivity index (χ1n) is 26.3. The second kappa shape index (κ2) is 42.1. The molecule has 0 saturated carbocycles. The van der Waals surface area contributed by atoms with Crippen LogP contribution >= 0.6 is 0 Å². The van der Waals surface area contributed by atoms with Crippen LogP contribution < -0.4 is 15.3 Å². The minimum atomic E-state index is -0.599. The van der Waals surface area contributed by atoms with Gasteiger partial charge in [-0.2, -0.15) is 0 Å². The minimum absolute atomic E-state index is 0. The van der Waals surface area contributed by atoms with E-state index in [4.69, 9.17) is 23.0 Å². The number of rotatable bonds is 14. The van der Waals surface area contributed by atoms with E-state index < -0.39 is 5.82 Å². The second-order valence-electron chi connectivity index (χ2n) is 19.4. The molecule has 3 aliphatic heterocycles. The molecule has 13 nitrogen and oxygen atoms in total. The molecule has 1 aromatic heterocycles. The summed E-state index contributed by atoms with van der Waals surface area (Å²) in [4.78, 5) is 62.8. The Morgan fingerprint density at radius 1 is 0.632 bits per heavy atom. The van der Waals surface area contributed by atoms with Gasteiger partial charge in [-0.25, -0.2) is 14.4 Å². The summed E-state index contributed by atoms with van der Waals surface area (Å²) in [6.45, 7) is 39.9. The molecule has 3 aliphatic rings. The van der Waals surface area contributed by atoms with Crippen LogP contribution in [0.1, 0.15) is 188 Å². The van der Waals surface area contributed by atoms with Crippen molar-refractivity contribution in [3.63, 3.8) is 0 Å². The molecule has 4 heterocycles. The molecule has 7 rings (SSSR count). The summed E-state index contributed by atoms with van der Waals surface area (Å²) in [6.07, 6.45) is 7.89. The number of carbonyl (C=O) groups excluding carboxylic acids is 5. The molecule has 2 radical (unpaired) electrons. The van der Waals surface area contributed by atoms with Crippen molar-refractivity contribution in [2.24, 2.45) is 35.5 Å².